The third-order valence-electron chi connectivity index (χ3n) is 16.0. The summed E-state index contributed by atoms with van der Waals surface area (Å²) in [6.45, 7) is 0. The van der Waals surface area contributed by atoms with Crippen molar-refractivity contribution in [1.29, 1.82) is 0 Å². The molecule has 4 heteroatoms. The Balaban J connectivity index is 0.971. The number of rotatable bonds is 5. The first-order chi connectivity index (χ1) is 36.7. The number of nitrogens with zero attached hydrogens (tertiary/aromatic N) is 4. The maximum atomic E-state index is 5.63. The van der Waals surface area contributed by atoms with E-state index in [9.17, 15) is 0 Å². The summed E-state index contributed by atoms with van der Waals surface area (Å²) in [7, 11) is 0. The molecule has 0 fully saturated rings. The van der Waals surface area contributed by atoms with Crippen LogP contribution in [0.5, 0.6) is 0 Å². The van der Waals surface area contributed by atoms with Gasteiger partial charge < -0.3 is 4.57 Å². The molecule has 0 unspecified atom stereocenters. The van der Waals surface area contributed by atoms with Crippen molar-refractivity contribution in [2.45, 2.75) is 5.41 Å². The van der Waals surface area contributed by atoms with Gasteiger partial charge in [0.05, 0.1) is 16.4 Å². The van der Waals surface area contributed by atoms with Crippen molar-refractivity contribution in [3.8, 4) is 73.2 Å². The van der Waals surface area contributed by atoms with E-state index >= 15 is 0 Å². The van der Waals surface area contributed by atoms with Gasteiger partial charge in [-0.1, -0.05) is 218 Å². The van der Waals surface area contributed by atoms with Gasteiger partial charge in [-0.15, -0.1) is 0 Å². The predicted molar refractivity (Wildman–Crippen MR) is 305 cm³/mol. The highest BCUT2D eigenvalue weighted by atomic mass is 15.0. The molecule has 16 rings (SSSR count). The fourth-order valence-corrected chi connectivity index (χ4v) is 13.0. The van der Waals surface area contributed by atoms with Crippen molar-refractivity contribution in [1.82, 2.24) is 19.5 Å². The van der Waals surface area contributed by atoms with Gasteiger partial charge in [0.1, 0.15) is 0 Å². The zero-order chi connectivity index (χ0) is 48.5. The lowest BCUT2D eigenvalue weighted by atomic mass is 9.70. The van der Waals surface area contributed by atoms with Crippen LogP contribution in [-0.4, -0.2) is 19.5 Å². The summed E-state index contributed by atoms with van der Waals surface area (Å²) < 4.78 is 2.40. The standard InChI is InChI=1S/C70H42N4/c1-2-19-43(20-3-1)67-71-68(73-69(72-67)58-30-18-34-63-66(58)57-29-10-15-33-62(57)70(63)60-31-13-8-25-53(60)54-26-9-14-32-61(54)70)46-39-45(40-47(41-46)74-64-35-16-11-27-55(64)56-28-12-17-36-65(56)74)44-37-38-52-50-23-5-4-21-48(50)49-22-6-7-24-51(49)59(52)42-44/h1-42H. The monoisotopic (exact) mass is 938 g/mol. The summed E-state index contributed by atoms with van der Waals surface area (Å²) >= 11 is 0. The van der Waals surface area contributed by atoms with E-state index in [2.05, 4.69) is 253 Å². The second-order valence-electron chi connectivity index (χ2n) is 19.8. The van der Waals surface area contributed by atoms with Crippen LogP contribution in [0, 0.1) is 0 Å². The van der Waals surface area contributed by atoms with Gasteiger partial charge in [0, 0.05) is 33.2 Å². The number of hydrogen-bond acceptors (Lipinski definition) is 3. The molecule has 0 aliphatic heterocycles. The third-order valence-corrected chi connectivity index (χ3v) is 16.0. The molecule has 0 saturated carbocycles. The lowest BCUT2D eigenvalue weighted by Gasteiger charge is -2.30. The number of hydrogen-bond donors (Lipinski definition) is 0. The Morgan fingerprint density at radius 3 is 1.34 bits per heavy atom. The summed E-state index contributed by atoms with van der Waals surface area (Å²) in [6, 6.07) is 92.8. The summed E-state index contributed by atoms with van der Waals surface area (Å²) in [6.07, 6.45) is 0. The fraction of sp³-hybridized carbons (Fsp3) is 0.0143. The quantitative estimate of drug-likeness (QED) is 0.162. The fourth-order valence-electron chi connectivity index (χ4n) is 13.0. The number of benzene rings is 12. The van der Waals surface area contributed by atoms with Gasteiger partial charge in [-0.3, -0.25) is 0 Å². The van der Waals surface area contributed by atoms with Crippen molar-refractivity contribution in [2.24, 2.45) is 0 Å². The number of para-hydroxylation sites is 2. The molecule has 0 bridgehead atoms. The van der Waals surface area contributed by atoms with E-state index in [-0.39, 0.29) is 0 Å². The first-order valence-corrected chi connectivity index (χ1v) is 25.4. The second kappa shape index (κ2) is 15.6. The summed E-state index contributed by atoms with van der Waals surface area (Å²) in [5.74, 6) is 1.85. The van der Waals surface area contributed by atoms with Crippen LogP contribution in [0.25, 0.3) is 127 Å². The molecule has 2 heterocycles. The molecule has 0 N–H and O–H groups in total. The SMILES string of the molecule is c1ccc(-c2nc(-c3cc(-c4ccc5c6ccccc6c6ccccc6c5c4)cc(-n4c5ccccc5c5ccccc54)c3)nc(-c3cccc4c3-c3ccccc3C43c4ccccc4-c4ccccc43)n2)cc1. The maximum absolute atomic E-state index is 5.63. The molecule has 0 saturated heterocycles. The Hall–Kier alpha value is -9.77. The number of aromatic nitrogens is 4. The van der Waals surface area contributed by atoms with Crippen LogP contribution in [0.3, 0.4) is 0 Å². The molecule has 2 aliphatic carbocycles. The Labute approximate surface area is 427 Å². The molecular weight excluding hydrogens is 897 g/mol. The Morgan fingerprint density at radius 2 is 0.703 bits per heavy atom. The molecule has 14 aromatic rings. The van der Waals surface area contributed by atoms with Crippen molar-refractivity contribution >= 4 is 54.1 Å². The van der Waals surface area contributed by atoms with Gasteiger partial charge in [0.2, 0.25) is 0 Å². The van der Waals surface area contributed by atoms with Gasteiger partial charge in [-0.05, 0) is 124 Å². The highest BCUT2D eigenvalue weighted by molar-refractivity contribution is 6.25. The van der Waals surface area contributed by atoms with Gasteiger partial charge in [0.25, 0.3) is 0 Å². The smallest absolute Gasteiger partial charge is 0.164 e. The lowest BCUT2D eigenvalue weighted by molar-refractivity contribution is 0.794. The Kier molecular flexibility index (Phi) is 8.63. The average molecular weight is 939 g/mol. The van der Waals surface area contributed by atoms with E-state index in [0.29, 0.717) is 17.5 Å². The minimum absolute atomic E-state index is 0.504. The molecule has 0 amide bonds. The van der Waals surface area contributed by atoms with Gasteiger partial charge in [-0.2, -0.15) is 0 Å². The zero-order valence-corrected chi connectivity index (χ0v) is 40.0. The largest absolute Gasteiger partial charge is 0.309 e. The zero-order valence-electron chi connectivity index (χ0n) is 40.0. The first kappa shape index (κ1) is 40.9. The van der Waals surface area contributed by atoms with Gasteiger partial charge in [-0.25, -0.2) is 15.0 Å². The molecule has 1 spiro atoms. The summed E-state index contributed by atoms with van der Waals surface area (Å²) in [4.78, 5) is 16.5. The van der Waals surface area contributed by atoms with Crippen molar-refractivity contribution in [2.75, 3.05) is 0 Å². The topological polar surface area (TPSA) is 43.6 Å². The molecule has 0 radical (unpaired) electrons. The minimum atomic E-state index is -0.504. The van der Waals surface area contributed by atoms with Crippen molar-refractivity contribution in [3.05, 3.63) is 277 Å². The Morgan fingerprint density at radius 1 is 0.257 bits per heavy atom. The van der Waals surface area contributed by atoms with E-state index in [0.717, 1.165) is 50.1 Å². The molecular formula is C70H42N4. The Bertz CT molecular complexity index is 4550. The third kappa shape index (κ3) is 5.70. The van der Waals surface area contributed by atoms with Crippen LogP contribution in [0.15, 0.2) is 255 Å². The normalized spacial score (nSPS) is 13.0. The van der Waals surface area contributed by atoms with Crippen molar-refractivity contribution < 1.29 is 0 Å². The highest BCUT2D eigenvalue weighted by Gasteiger charge is 2.52. The van der Waals surface area contributed by atoms with E-state index in [4.69, 9.17) is 15.0 Å². The summed E-state index contributed by atoms with van der Waals surface area (Å²) in [5.41, 5.74) is 17.8. The highest BCUT2D eigenvalue weighted by Crippen LogP contribution is 2.64. The van der Waals surface area contributed by atoms with E-state index in [1.165, 1.54) is 82.0 Å². The molecule has 4 nitrogen and oxygen atoms in total. The lowest BCUT2D eigenvalue weighted by Crippen LogP contribution is -2.25. The second-order valence-corrected chi connectivity index (χ2v) is 19.8. The van der Waals surface area contributed by atoms with E-state index in [1.807, 2.05) is 6.07 Å². The molecule has 2 aromatic heterocycles. The molecule has 74 heavy (non-hydrogen) atoms. The van der Waals surface area contributed by atoms with Crippen molar-refractivity contribution in [3.63, 3.8) is 0 Å². The number of fused-ring (bicyclic) bond motifs is 19. The van der Waals surface area contributed by atoms with Crippen LogP contribution in [0.2, 0.25) is 0 Å². The first-order valence-electron chi connectivity index (χ1n) is 25.4. The average Bonchev–Trinajstić information content (AvgIpc) is 4.11. The van der Waals surface area contributed by atoms with Gasteiger partial charge in [0.15, 0.2) is 17.5 Å². The van der Waals surface area contributed by atoms with Crippen LogP contribution < -0.4 is 0 Å². The van der Waals surface area contributed by atoms with Gasteiger partial charge >= 0.3 is 0 Å². The van der Waals surface area contributed by atoms with E-state index < -0.39 is 5.41 Å². The molecule has 0 atom stereocenters. The van der Waals surface area contributed by atoms with Crippen LogP contribution in [-0.2, 0) is 5.41 Å². The van der Waals surface area contributed by atoms with Crippen LogP contribution in [0.4, 0.5) is 0 Å². The minimum Gasteiger partial charge on any atom is -0.309 e. The predicted octanol–water partition coefficient (Wildman–Crippen LogP) is 17.4. The van der Waals surface area contributed by atoms with Crippen LogP contribution in [0.1, 0.15) is 22.3 Å². The van der Waals surface area contributed by atoms with E-state index in [1.54, 1.807) is 0 Å². The molecule has 342 valence electrons. The maximum Gasteiger partial charge on any atom is 0.164 e. The molecule has 2 aliphatic rings. The molecule has 12 aromatic carbocycles. The van der Waals surface area contributed by atoms with Crippen LogP contribution >= 0.6 is 0 Å². The summed E-state index contributed by atoms with van der Waals surface area (Å²) in [5, 5.41) is 9.87.